The van der Waals surface area contributed by atoms with Crippen LogP contribution in [-0.4, -0.2) is 121 Å². The van der Waals surface area contributed by atoms with Gasteiger partial charge in [-0.05, 0) is 5.92 Å². The van der Waals surface area contributed by atoms with Crippen LogP contribution in [0.15, 0.2) is 19.0 Å². The second-order valence-electron chi connectivity index (χ2n) is 9.41. The fourth-order valence-corrected chi connectivity index (χ4v) is 4.84. The monoisotopic (exact) mass is 570 g/mol. The third kappa shape index (κ3) is 4.59. The highest BCUT2D eigenvalue weighted by Crippen LogP contribution is 2.34. The van der Waals surface area contributed by atoms with E-state index in [4.69, 9.17) is 25.7 Å². The molecule has 2 fully saturated rings. The van der Waals surface area contributed by atoms with Gasteiger partial charge in [0, 0.05) is 0 Å². The topological polar surface area (TPSA) is 268 Å². The van der Waals surface area contributed by atoms with Crippen LogP contribution in [0.5, 0.6) is 0 Å². The maximum atomic E-state index is 10.6. The summed E-state index contributed by atoms with van der Waals surface area (Å²) in [5.41, 5.74) is 12.8. The Bertz CT molecular complexity index is 1640. The first kappa shape index (κ1) is 27.1. The van der Waals surface area contributed by atoms with Crippen LogP contribution >= 0.6 is 0 Å². The molecule has 9 N–H and O–H groups in total. The Morgan fingerprint density at radius 2 is 1.49 bits per heavy atom. The predicted molar refractivity (Wildman–Crippen MR) is 136 cm³/mol. The van der Waals surface area contributed by atoms with Gasteiger partial charge in [-0.25, -0.2) is 29.9 Å². The highest BCUT2D eigenvalue weighted by Gasteiger charge is 2.45. The van der Waals surface area contributed by atoms with E-state index in [2.05, 4.69) is 41.7 Å². The highest BCUT2D eigenvalue weighted by molar-refractivity contribution is 5.82. The van der Waals surface area contributed by atoms with E-state index in [1.807, 2.05) is 0 Å². The molecule has 6 rings (SSSR count). The van der Waals surface area contributed by atoms with Crippen molar-refractivity contribution in [2.75, 3.05) is 31.3 Å². The van der Waals surface area contributed by atoms with Crippen molar-refractivity contribution in [2.24, 2.45) is 0 Å². The quantitative estimate of drug-likeness (QED) is 0.0872. The molecule has 0 saturated carbocycles. The minimum atomic E-state index is -1.41. The zero-order valence-electron chi connectivity index (χ0n) is 21.2. The number of fused-ring (bicyclic) bond motifs is 2. The molecule has 18 heteroatoms. The zero-order valence-corrected chi connectivity index (χ0v) is 21.2. The molecule has 0 radical (unpaired) electrons. The van der Waals surface area contributed by atoms with E-state index < -0.39 is 55.7 Å². The standard InChI is InChI=1S/C23H26N10O8/c24-18-12-20(28-6-26-18)32(8-30-12)22-16(37)15(36)10(41-22)5-39-3-1-2-11-31-13-19(25)27-7-29-21(13)33(11)23-17(38)14(35)9(4-34)40-23/h6-10,14-17,22-23,34-38H,3-5H2,(H2,24,26,28)(H2,25,27,29)/t9-,10-,14?,15?,16+,17+,22-,23-/m1/s1. The molecule has 2 aliphatic rings. The summed E-state index contributed by atoms with van der Waals surface area (Å²) in [4.78, 5) is 24.6. The van der Waals surface area contributed by atoms with Crippen LogP contribution in [0.4, 0.5) is 11.6 Å². The fourth-order valence-electron chi connectivity index (χ4n) is 4.84. The van der Waals surface area contributed by atoms with Crippen LogP contribution in [0.25, 0.3) is 22.3 Å². The normalized spacial score (nSPS) is 29.8. The van der Waals surface area contributed by atoms with Gasteiger partial charge < -0.3 is 51.2 Å². The van der Waals surface area contributed by atoms with Crippen molar-refractivity contribution in [2.45, 2.75) is 49.1 Å². The van der Waals surface area contributed by atoms with Gasteiger partial charge in [0.15, 0.2) is 46.7 Å². The largest absolute Gasteiger partial charge is 0.394 e. The Labute approximate surface area is 230 Å². The maximum absolute atomic E-state index is 10.6. The van der Waals surface area contributed by atoms with Crippen LogP contribution < -0.4 is 11.5 Å². The van der Waals surface area contributed by atoms with Crippen molar-refractivity contribution >= 4 is 34.0 Å². The average molecular weight is 571 g/mol. The van der Waals surface area contributed by atoms with E-state index in [0.29, 0.717) is 11.2 Å². The SMILES string of the molecule is Nc1ncnc2c1ncn2[C@@H]1O[C@H](COCC#Cc2nc3c(N)ncnc3n2[C@@H]2O[C@H](CO)C(O)[C@@H]2O)C(O)[C@@H]1O. The first-order valence-electron chi connectivity index (χ1n) is 12.4. The number of nitrogen functional groups attached to an aromatic ring is 2. The summed E-state index contributed by atoms with van der Waals surface area (Å²) in [7, 11) is 0. The van der Waals surface area contributed by atoms with Crippen molar-refractivity contribution < 1.29 is 39.7 Å². The molecule has 2 unspecified atom stereocenters. The smallest absolute Gasteiger partial charge is 0.190 e. The Morgan fingerprint density at radius 3 is 2.22 bits per heavy atom. The number of aliphatic hydroxyl groups is 5. The summed E-state index contributed by atoms with van der Waals surface area (Å²) in [6, 6.07) is 0. The van der Waals surface area contributed by atoms with Crippen molar-refractivity contribution in [3.8, 4) is 11.8 Å². The molecule has 0 bridgehead atoms. The number of hydrogen-bond donors (Lipinski definition) is 7. The number of nitrogens with two attached hydrogens (primary N) is 2. The lowest BCUT2D eigenvalue weighted by atomic mass is 10.1. The van der Waals surface area contributed by atoms with E-state index >= 15 is 0 Å². The molecule has 4 aromatic heterocycles. The summed E-state index contributed by atoms with van der Waals surface area (Å²) < 4.78 is 19.9. The number of hydrogen-bond acceptors (Lipinski definition) is 16. The summed E-state index contributed by atoms with van der Waals surface area (Å²) in [5.74, 6) is 5.91. The van der Waals surface area contributed by atoms with E-state index in [-0.39, 0.29) is 41.8 Å². The molecule has 6 heterocycles. The summed E-state index contributed by atoms with van der Waals surface area (Å²) >= 11 is 0. The number of imidazole rings is 2. The van der Waals surface area contributed by atoms with Gasteiger partial charge in [0.2, 0.25) is 0 Å². The number of aromatic nitrogens is 8. The molecular formula is C23H26N10O8. The molecule has 41 heavy (non-hydrogen) atoms. The summed E-state index contributed by atoms with van der Waals surface area (Å²) in [5, 5.41) is 51.4. The number of anilines is 2. The van der Waals surface area contributed by atoms with Gasteiger partial charge >= 0.3 is 0 Å². The molecule has 216 valence electrons. The van der Waals surface area contributed by atoms with E-state index in [0.717, 1.165) is 0 Å². The lowest BCUT2D eigenvalue weighted by Gasteiger charge is -2.17. The van der Waals surface area contributed by atoms with Gasteiger partial charge in [0.25, 0.3) is 0 Å². The zero-order chi connectivity index (χ0) is 28.8. The number of ether oxygens (including phenoxy) is 3. The second-order valence-corrected chi connectivity index (χ2v) is 9.41. The summed E-state index contributed by atoms with van der Waals surface area (Å²) in [6.45, 7) is -0.765. The molecule has 0 aliphatic carbocycles. The maximum Gasteiger partial charge on any atom is 0.190 e. The van der Waals surface area contributed by atoms with Crippen LogP contribution in [0.1, 0.15) is 18.3 Å². The lowest BCUT2D eigenvalue weighted by molar-refractivity contribution is -0.0615. The highest BCUT2D eigenvalue weighted by atomic mass is 16.6. The third-order valence-electron chi connectivity index (χ3n) is 6.93. The average Bonchev–Trinajstić information content (AvgIpc) is 3.70. The van der Waals surface area contributed by atoms with Crippen LogP contribution in [-0.2, 0) is 14.2 Å². The van der Waals surface area contributed by atoms with E-state index in [9.17, 15) is 25.5 Å². The molecule has 4 aromatic rings. The van der Waals surface area contributed by atoms with Gasteiger partial charge in [-0.15, -0.1) is 0 Å². The van der Waals surface area contributed by atoms with Crippen LogP contribution in [0.2, 0.25) is 0 Å². The Balaban J connectivity index is 1.16. The molecule has 0 aromatic carbocycles. The van der Waals surface area contributed by atoms with Gasteiger partial charge in [0.1, 0.15) is 61.4 Å². The van der Waals surface area contributed by atoms with Gasteiger partial charge in [0.05, 0.1) is 19.5 Å². The molecular weight excluding hydrogens is 544 g/mol. The van der Waals surface area contributed by atoms with Crippen molar-refractivity contribution in [3.05, 3.63) is 24.8 Å². The second kappa shape index (κ2) is 10.7. The Kier molecular flexibility index (Phi) is 7.10. The van der Waals surface area contributed by atoms with Crippen molar-refractivity contribution in [3.63, 3.8) is 0 Å². The molecule has 2 aliphatic heterocycles. The molecule has 8 atom stereocenters. The third-order valence-corrected chi connectivity index (χ3v) is 6.93. The van der Waals surface area contributed by atoms with Crippen LogP contribution in [0.3, 0.4) is 0 Å². The van der Waals surface area contributed by atoms with E-state index in [1.165, 1.54) is 28.1 Å². The number of rotatable bonds is 6. The Morgan fingerprint density at radius 1 is 0.829 bits per heavy atom. The molecule has 0 amide bonds. The fraction of sp³-hybridized carbons (Fsp3) is 0.478. The van der Waals surface area contributed by atoms with E-state index in [1.54, 1.807) is 0 Å². The first-order valence-corrected chi connectivity index (χ1v) is 12.4. The van der Waals surface area contributed by atoms with Gasteiger partial charge in [-0.1, -0.05) is 5.92 Å². The lowest BCUT2D eigenvalue weighted by Crippen LogP contribution is -2.33. The molecule has 0 spiro atoms. The van der Waals surface area contributed by atoms with Gasteiger partial charge in [-0.2, -0.15) is 0 Å². The number of nitrogens with zero attached hydrogens (tertiary/aromatic N) is 8. The Hall–Kier alpha value is -4.06. The van der Waals surface area contributed by atoms with Crippen molar-refractivity contribution in [1.29, 1.82) is 0 Å². The molecule has 18 nitrogen and oxygen atoms in total. The minimum Gasteiger partial charge on any atom is -0.394 e. The summed E-state index contributed by atoms with van der Waals surface area (Å²) in [6.07, 6.45) is -5.56. The molecule has 2 saturated heterocycles. The van der Waals surface area contributed by atoms with Crippen LogP contribution in [0, 0.1) is 11.8 Å². The van der Waals surface area contributed by atoms with Gasteiger partial charge in [-0.3, -0.25) is 9.13 Å². The first-order chi connectivity index (χ1) is 19.8. The number of aliphatic hydroxyl groups excluding tert-OH is 5. The minimum absolute atomic E-state index is 0.0695. The predicted octanol–water partition coefficient (Wildman–Crippen LogP) is -3.57. The van der Waals surface area contributed by atoms with Crippen molar-refractivity contribution in [1.82, 2.24) is 39.0 Å².